The third-order valence-electron chi connectivity index (χ3n) is 3.45. The molecule has 2 atom stereocenters. The van der Waals surface area contributed by atoms with Crippen molar-refractivity contribution in [3.05, 3.63) is 0 Å². The van der Waals surface area contributed by atoms with E-state index in [-0.39, 0.29) is 17.9 Å². The summed E-state index contributed by atoms with van der Waals surface area (Å²) in [6, 6.07) is 0.208. The van der Waals surface area contributed by atoms with Crippen molar-refractivity contribution < 1.29 is 14.3 Å². The molecule has 0 saturated carbocycles. The number of amides is 1. The maximum absolute atomic E-state index is 12.5. The first-order valence-electron chi connectivity index (χ1n) is 8.22. The first-order valence-corrected chi connectivity index (χ1v) is 8.22. The standard InChI is InChI=1S/C16H34N2O3/c1-5-20-12-10-18(11-13-21-6-2)16(19)14(3)8-7-9-15(4)17/h14-15H,5-13,17H2,1-4H3. The highest BCUT2D eigenvalue weighted by Gasteiger charge is 2.20. The summed E-state index contributed by atoms with van der Waals surface area (Å²) in [5, 5.41) is 0. The molecule has 21 heavy (non-hydrogen) atoms. The van der Waals surface area contributed by atoms with Gasteiger partial charge in [0.2, 0.25) is 5.91 Å². The average molecular weight is 302 g/mol. The van der Waals surface area contributed by atoms with Crippen molar-refractivity contribution in [2.45, 2.75) is 53.0 Å². The van der Waals surface area contributed by atoms with Gasteiger partial charge in [-0.3, -0.25) is 4.79 Å². The Bertz CT molecular complexity index is 250. The molecule has 0 aliphatic rings. The van der Waals surface area contributed by atoms with Crippen molar-refractivity contribution in [1.29, 1.82) is 0 Å². The van der Waals surface area contributed by atoms with Gasteiger partial charge in [0.25, 0.3) is 0 Å². The van der Waals surface area contributed by atoms with Gasteiger partial charge in [0, 0.05) is 38.3 Å². The van der Waals surface area contributed by atoms with Gasteiger partial charge >= 0.3 is 0 Å². The summed E-state index contributed by atoms with van der Waals surface area (Å²) in [6.45, 7) is 11.7. The lowest BCUT2D eigenvalue weighted by atomic mass is 10.0. The third-order valence-corrected chi connectivity index (χ3v) is 3.45. The maximum Gasteiger partial charge on any atom is 0.225 e. The van der Waals surface area contributed by atoms with E-state index in [0.717, 1.165) is 19.3 Å². The molecule has 0 aliphatic carbocycles. The van der Waals surface area contributed by atoms with Gasteiger partial charge in [-0.05, 0) is 33.6 Å². The van der Waals surface area contributed by atoms with Crippen LogP contribution in [0.4, 0.5) is 0 Å². The molecule has 2 N–H and O–H groups in total. The summed E-state index contributed by atoms with van der Waals surface area (Å²) in [5.41, 5.74) is 5.75. The van der Waals surface area contributed by atoms with Crippen LogP contribution in [0.25, 0.3) is 0 Å². The summed E-state index contributed by atoms with van der Waals surface area (Å²) >= 11 is 0. The minimum Gasteiger partial charge on any atom is -0.380 e. The lowest BCUT2D eigenvalue weighted by molar-refractivity contribution is -0.136. The second-order valence-electron chi connectivity index (χ2n) is 5.53. The topological polar surface area (TPSA) is 64.8 Å². The zero-order chi connectivity index (χ0) is 16.1. The summed E-state index contributed by atoms with van der Waals surface area (Å²) in [6.07, 6.45) is 2.85. The summed E-state index contributed by atoms with van der Waals surface area (Å²) in [5.74, 6) is 0.228. The van der Waals surface area contributed by atoms with E-state index in [1.165, 1.54) is 0 Å². The molecule has 0 heterocycles. The average Bonchev–Trinajstić information content (AvgIpc) is 2.44. The fourth-order valence-electron chi connectivity index (χ4n) is 2.15. The predicted molar refractivity (Wildman–Crippen MR) is 86.2 cm³/mol. The number of carbonyl (C=O) groups is 1. The fourth-order valence-corrected chi connectivity index (χ4v) is 2.15. The summed E-state index contributed by atoms with van der Waals surface area (Å²) < 4.78 is 10.7. The maximum atomic E-state index is 12.5. The smallest absolute Gasteiger partial charge is 0.225 e. The van der Waals surface area contributed by atoms with Gasteiger partial charge < -0.3 is 20.1 Å². The normalized spacial score (nSPS) is 14.0. The molecule has 0 bridgehead atoms. The molecular weight excluding hydrogens is 268 g/mol. The molecule has 0 aromatic carbocycles. The van der Waals surface area contributed by atoms with E-state index in [2.05, 4.69) is 0 Å². The monoisotopic (exact) mass is 302 g/mol. The van der Waals surface area contributed by atoms with Gasteiger partial charge in [0.1, 0.15) is 0 Å². The van der Waals surface area contributed by atoms with Gasteiger partial charge in [0.15, 0.2) is 0 Å². The number of hydrogen-bond donors (Lipinski definition) is 1. The van der Waals surface area contributed by atoms with Crippen LogP contribution in [-0.2, 0) is 14.3 Å². The minimum absolute atomic E-state index is 0.0343. The van der Waals surface area contributed by atoms with Crippen LogP contribution >= 0.6 is 0 Å². The van der Waals surface area contributed by atoms with E-state index in [9.17, 15) is 4.79 Å². The Balaban J connectivity index is 4.24. The first-order chi connectivity index (χ1) is 10.0. The third kappa shape index (κ3) is 10.7. The van der Waals surface area contributed by atoms with Crippen molar-refractivity contribution in [1.82, 2.24) is 4.90 Å². The number of rotatable bonds is 13. The van der Waals surface area contributed by atoms with Gasteiger partial charge in [-0.25, -0.2) is 0 Å². The van der Waals surface area contributed by atoms with E-state index in [1.54, 1.807) is 0 Å². The number of nitrogens with two attached hydrogens (primary N) is 1. The van der Waals surface area contributed by atoms with Crippen LogP contribution in [0.5, 0.6) is 0 Å². The van der Waals surface area contributed by atoms with Gasteiger partial charge in [-0.2, -0.15) is 0 Å². The van der Waals surface area contributed by atoms with E-state index >= 15 is 0 Å². The molecule has 0 aromatic heterocycles. The molecule has 0 aromatic rings. The number of carbonyl (C=O) groups excluding carboxylic acids is 1. The van der Waals surface area contributed by atoms with Crippen LogP contribution in [-0.4, -0.2) is 56.4 Å². The second-order valence-corrected chi connectivity index (χ2v) is 5.53. The zero-order valence-electron chi connectivity index (χ0n) is 14.3. The molecule has 126 valence electrons. The lowest BCUT2D eigenvalue weighted by Gasteiger charge is -2.26. The number of hydrogen-bond acceptors (Lipinski definition) is 4. The highest BCUT2D eigenvalue weighted by molar-refractivity contribution is 5.78. The molecule has 0 spiro atoms. The van der Waals surface area contributed by atoms with E-state index in [0.29, 0.717) is 39.5 Å². The Morgan fingerprint density at radius 3 is 2.00 bits per heavy atom. The van der Waals surface area contributed by atoms with Gasteiger partial charge in [-0.1, -0.05) is 13.3 Å². The Hall–Kier alpha value is -0.650. The number of ether oxygens (including phenoxy) is 2. The van der Waals surface area contributed by atoms with Crippen molar-refractivity contribution in [3.63, 3.8) is 0 Å². The molecule has 0 aliphatic heterocycles. The van der Waals surface area contributed by atoms with Crippen LogP contribution in [0.1, 0.15) is 47.0 Å². The molecule has 2 unspecified atom stereocenters. The van der Waals surface area contributed by atoms with Crippen molar-refractivity contribution >= 4 is 5.91 Å². The van der Waals surface area contributed by atoms with E-state index in [4.69, 9.17) is 15.2 Å². The molecule has 0 fully saturated rings. The second kappa shape index (κ2) is 13.0. The molecule has 0 radical (unpaired) electrons. The predicted octanol–water partition coefficient (Wildman–Crippen LogP) is 2.04. The van der Waals surface area contributed by atoms with E-state index in [1.807, 2.05) is 32.6 Å². The van der Waals surface area contributed by atoms with Crippen LogP contribution in [0.2, 0.25) is 0 Å². The Morgan fingerprint density at radius 1 is 1.05 bits per heavy atom. The zero-order valence-corrected chi connectivity index (χ0v) is 14.3. The van der Waals surface area contributed by atoms with Crippen LogP contribution in [0, 0.1) is 5.92 Å². The molecule has 0 saturated heterocycles. The van der Waals surface area contributed by atoms with Gasteiger partial charge in [-0.15, -0.1) is 0 Å². The highest BCUT2D eigenvalue weighted by Crippen LogP contribution is 2.12. The van der Waals surface area contributed by atoms with Crippen molar-refractivity contribution in [2.24, 2.45) is 11.7 Å². The van der Waals surface area contributed by atoms with E-state index < -0.39 is 0 Å². The molecular formula is C16H34N2O3. The molecule has 1 amide bonds. The Kier molecular flexibility index (Phi) is 12.6. The lowest BCUT2D eigenvalue weighted by Crippen LogP contribution is -2.40. The number of nitrogens with zero attached hydrogens (tertiary/aromatic N) is 1. The van der Waals surface area contributed by atoms with Gasteiger partial charge in [0.05, 0.1) is 13.2 Å². The summed E-state index contributed by atoms with van der Waals surface area (Å²) in [4.78, 5) is 14.4. The molecule has 0 rings (SSSR count). The first kappa shape index (κ1) is 20.3. The summed E-state index contributed by atoms with van der Waals surface area (Å²) in [7, 11) is 0. The largest absolute Gasteiger partial charge is 0.380 e. The van der Waals surface area contributed by atoms with Crippen molar-refractivity contribution in [3.8, 4) is 0 Å². The Labute approximate surface area is 130 Å². The van der Waals surface area contributed by atoms with Crippen LogP contribution in [0.15, 0.2) is 0 Å². The quantitative estimate of drug-likeness (QED) is 0.529. The SMILES string of the molecule is CCOCCN(CCOCC)C(=O)C(C)CCCC(C)N. The van der Waals surface area contributed by atoms with Crippen molar-refractivity contribution in [2.75, 3.05) is 39.5 Å². The Morgan fingerprint density at radius 2 is 1.57 bits per heavy atom. The van der Waals surface area contributed by atoms with Crippen LogP contribution in [0.3, 0.4) is 0 Å². The van der Waals surface area contributed by atoms with Crippen LogP contribution < -0.4 is 5.73 Å². The molecule has 5 nitrogen and oxygen atoms in total. The molecule has 5 heteroatoms. The highest BCUT2D eigenvalue weighted by atomic mass is 16.5. The fraction of sp³-hybridized carbons (Fsp3) is 0.938. The minimum atomic E-state index is 0.0343.